The Hall–Kier alpha value is -1.69. The number of aromatic nitrogens is 3. The highest BCUT2D eigenvalue weighted by Crippen LogP contribution is 2.21. The Balaban J connectivity index is 2.13. The third-order valence-corrected chi connectivity index (χ3v) is 3.55. The summed E-state index contributed by atoms with van der Waals surface area (Å²) in [5.41, 5.74) is 1.11. The number of rotatable bonds is 5. The van der Waals surface area contributed by atoms with Crippen molar-refractivity contribution in [1.82, 2.24) is 15.0 Å². The molecule has 0 fully saturated rings. The lowest BCUT2D eigenvalue weighted by atomic mass is 10.2. The van der Waals surface area contributed by atoms with Gasteiger partial charge in [-0.3, -0.25) is 0 Å². The van der Waals surface area contributed by atoms with Crippen LogP contribution in [0.3, 0.4) is 0 Å². The number of nitrogens with one attached hydrogen (secondary N) is 2. The quantitative estimate of drug-likeness (QED) is 0.867. The van der Waals surface area contributed by atoms with Gasteiger partial charge in [-0.05, 0) is 13.3 Å². The van der Waals surface area contributed by atoms with Crippen molar-refractivity contribution in [3.8, 4) is 0 Å². The molecule has 2 N–H and O–H groups in total. The Labute approximate surface area is 111 Å². The second-order valence-corrected chi connectivity index (χ2v) is 5.17. The number of nitrogens with zero attached hydrogens (tertiary/aromatic N) is 3. The van der Waals surface area contributed by atoms with Crippen LogP contribution in [0.1, 0.15) is 22.4 Å². The highest BCUT2D eigenvalue weighted by molar-refractivity contribution is 7.11. The van der Waals surface area contributed by atoms with Crippen LogP contribution in [0.4, 0.5) is 11.6 Å². The molecule has 2 aromatic heterocycles. The Morgan fingerprint density at radius 1 is 1.22 bits per heavy atom. The number of thiazole rings is 1. The van der Waals surface area contributed by atoms with Crippen molar-refractivity contribution in [2.75, 3.05) is 17.7 Å². The molecule has 0 saturated carbocycles. The van der Waals surface area contributed by atoms with Crippen LogP contribution in [0, 0.1) is 6.92 Å². The molecule has 2 rings (SSSR count). The molecule has 0 aliphatic rings. The largest absolute Gasteiger partial charge is 0.373 e. The maximum Gasteiger partial charge on any atom is 0.135 e. The number of anilines is 2. The van der Waals surface area contributed by atoms with Crippen molar-refractivity contribution in [2.45, 2.75) is 26.8 Å². The van der Waals surface area contributed by atoms with Crippen molar-refractivity contribution in [3.63, 3.8) is 0 Å². The highest BCUT2D eigenvalue weighted by atomic mass is 32.1. The Morgan fingerprint density at radius 2 is 2.00 bits per heavy atom. The van der Waals surface area contributed by atoms with Crippen LogP contribution in [-0.4, -0.2) is 22.0 Å². The number of aryl methyl sites for hydroxylation is 1. The van der Waals surface area contributed by atoms with Gasteiger partial charge in [0, 0.05) is 23.7 Å². The van der Waals surface area contributed by atoms with E-state index in [1.54, 1.807) is 17.7 Å². The van der Waals surface area contributed by atoms with Gasteiger partial charge in [-0.15, -0.1) is 11.3 Å². The van der Waals surface area contributed by atoms with E-state index in [4.69, 9.17) is 0 Å². The number of hydrogen-bond donors (Lipinski definition) is 2. The first kappa shape index (κ1) is 12.8. The fourth-order valence-corrected chi connectivity index (χ4v) is 2.51. The molecule has 0 bridgehead atoms. The number of hydrogen-bond acceptors (Lipinski definition) is 6. The van der Waals surface area contributed by atoms with Crippen LogP contribution in [-0.2, 0) is 13.0 Å². The minimum absolute atomic E-state index is 0.749. The molecule has 96 valence electrons. The van der Waals surface area contributed by atoms with E-state index < -0.39 is 0 Å². The minimum Gasteiger partial charge on any atom is -0.373 e. The molecule has 5 nitrogen and oxygen atoms in total. The molecule has 0 aliphatic heterocycles. The van der Waals surface area contributed by atoms with Crippen molar-refractivity contribution < 1.29 is 0 Å². The SMILES string of the molecule is CCc1c(NC)ncnc1NCc1cnc(C)s1. The van der Waals surface area contributed by atoms with Gasteiger partial charge in [0.1, 0.15) is 18.0 Å². The summed E-state index contributed by atoms with van der Waals surface area (Å²) in [6.45, 7) is 4.86. The second kappa shape index (κ2) is 5.77. The fourth-order valence-electron chi connectivity index (χ4n) is 1.77. The molecule has 0 spiro atoms. The third kappa shape index (κ3) is 2.76. The molecule has 0 atom stereocenters. The molecular weight excluding hydrogens is 246 g/mol. The Kier molecular flexibility index (Phi) is 4.09. The van der Waals surface area contributed by atoms with Crippen molar-refractivity contribution in [2.24, 2.45) is 0 Å². The van der Waals surface area contributed by atoms with Crippen LogP contribution >= 0.6 is 11.3 Å². The van der Waals surface area contributed by atoms with Gasteiger partial charge in [0.15, 0.2) is 0 Å². The van der Waals surface area contributed by atoms with Crippen LogP contribution in [0.5, 0.6) is 0 Å². The molecule has 0 aliphatic carbocycles. The Morgan fingerprint density at radius 3 is 2.61 bits per heavy atom. The van der Waals surface area contributed by atoms with Crippen LogP contribution in [0.2, 0.25) is 0 Å². The molecule has 0 radical (unpaired) electrons. The molecule has 6 heteroatoms. The fraction of sp³-hybridized carbons (Fsp3) is 0.417. The lowest BCUT2D eigenvalue weighted by Gasteiger charge is -2.11. The topological polar surface area (TPSA) is 62.7 Å². The lowest BCUT2D eigenvalue weighted by Crippen LogP contribution is -2.07. The van der Waals surface area contributed by atoms with E-state index in [1.807, 2.05) is 20.2 Å². The van der Waals surface area contributed by atoms with Gasteiger partial charge >= 0.3 is 0 Å². The first-order valence-electron chi connectivity index (χ1n) is 5.91. The van der Waals surface area contributed by atoms with Gasteiger partial charge in [0.2, 0.25) is 0 Å². The first-order chi connectivity index (χ1) is 8.74. The molecule has 0 amide bonds. The van der Waals surface area contributed by atoms with Crippen molar-refractivity contribution >= 4 is 23.0 Å². The summed E-state index contributed by atoms with van der Waals surface area (Å²) < 4.78 is 0. The maximum absolute atomic E-state index is 4.30. The van der Waals surface area contributed by atoms with Crippen molar-refractivity contribution in [3.05, 3.63) is 28.0 Å². The normalized spacial score (nSPS) is 10.4. The van der Waals surface area contributed by atoms with E-state index in [1.165, 1.54) is 4.88 Å². The average molecular weight is 263 g/mol. The zero-order chi connectivity index (χ0) is 13.0. The predicted octanol–water partition coefficient (Wildman–Crippen LogP) is 2.46. The van der Waals surface area contributed by atoms with Crippen LogP contribution in [0.15, 0.2) is 12.5 Å². The first-order valence-corrected chi connectivity index (χ1v) is 6.73. The second-order valence-electron chi connectivity index (χ2n) is 3.85. The monoisotopic (exact) mass is 263 g/mol. The zero-order valence-corrected chi connectivity index (χ0v) is 11.6. The van der Waals surface area contributed by atoms with E-state index in [0.717, 1.165) is 35.2 Å². The molecule has 0 aromatic carbocycles. The molecular formula is C12H17N5S. The summed E-state index contributed by atoms with van der Waals surface area (Å²) in [5.74, 6) is 1.78. The van der Waals surface area contributed by atoms with Crippen LogP contribution in [0.25, 0.3) is 0 Å². The lowest BCUT2D eigenvalue weighted by molar-refractivity contribution is 1.02. The summed E-state index contributed by atoms with van der Waals surface area (Å²) in [4.78, 5) is 14.0. The van der Waals surface area contributed by atoms with Gasteiger partial charge < -0.3 is 10.6 Å². The van der Waals surface area contributed by atoms with E-state index in [2.05, 4.69) is 32.5 Å². The summed E-state index contributed by atoms with van der Waals surface area (Å²) in [6.07, 6.45) is 4.37. The summed E-state index contributed by atoms with van der Waals surface area (Å²) >= 11 is 1.70. The Bertz CT molecular complexity index is 523. The standard InChI is InChI=1S/C12H17N5S/c1-4-10-11(13-3)16-7-17-12(10)15-6-9-5-14-8(2)18-9/h5,7H,4,6H2,1-3H3,(H2,13,15,16,17). The zero-order valence-electron chi connectivity index (χ0n) is 10.8. The highest BCUT2D eigenvalue weighted by Gasteiger charge is 2.08. The minimum atomic E-state index is 0.749. The summed E-state index contributed by atoms with van der Waals surface area (Å²) in [5, 5.41) is 7.52. The molecule has 18 heavy (non-hydrogen) atoms. The van der Waals surface area contributed by atoms with E-state index >= 15 is 0 Å². The van der Waals surface area contributed by atoms with Crippen molar-refractivity contribution in [1.29, 1.82) is 0 Å². The van der Waals surface area contributed by atoms with Gasteiger partial charge in [-0.1, -0.05) is 6.92 Å². The van der Waals surface area contributed by atoms with Gasteiger partial charge in [0.05, 0.1) is 11.6 Å². The molecule has 2 aromatic rings. The smallest absolute Gasteiger partial charge is 0.135 e. The summed E-state index contributed by atoms with van der Waals surface area (Å²) in [7, 11) is 1.87. The maximum atomic E-state index is 4.30. The molecule has 0 saturated heterocycles. The molecule has 0 unspecified atom stereocenters. The van der Waals surface area contributed by atoms with Gasteiger partial charge in [-0.25, -0.2) is 15.0 Å². The van der Waals surface area contributed by atoms with E-state index in [9.17, 15) is 0 Å². The van der Waals surface area contributed by atoms with Gasteiger partial charge in [-0.2, -0.15) is 0 Å². The molecule has 2 heterocycles. The van der Waals surface area contributed by atoms with Crippen LogP contribution < -0.4 is 10.6 Å². The predicted molar refractivity (Wildman–Crippen MR) is 75.1 cm³/mol. The summed E-state index contributed by atoms with van der Waals surface area (Å²) in [6, 6.07) is 0. The van der Waals surface area contributed by atoms with Gasteiger partial charge in [0.25, 0.3) is 0 Å². The van der Waals surface area contributed by atoms with E-state index in [0.29, 0.717) is 0 Å². The van der Waals surface area contributed by atoms with E-state index in [-0.39, 0.29) is 0 Å². The average Bonchev–Trinajstić information content (AvgIpc) is 2.81. The third-order valence-electron chi connectivity index (χ3n) is 2.63.